The maximum Gasteiger partial charge on any atom is 0.322 e. The van der Waals surface area contributed by atoms with Gasteiger partial charge in [0, 0.05) is 24.7 Å². The van der Waals surface area contributed by atoms with Crippen LogP contribution in [0.1, 0.15) is 18.9 Å². The number of aromatic nitrogens is 5. The number of nitrogens with one attached hydrogen (secondary N) is 1. The molecule has 1 aromatic carbocycles. The summed E-state index contributed by atoms with van der Waals surface area (Å²) in [5, 5.41) is 20.0. The lowest BCUT2D eigenvalue weighted by atomic mass is 10.2. The molecule has 0 unspecified atom stereocenters. The molecule has 1 N–H and O–H groups in total. The maximum absolute atomic E-state index is 12.4. The topological polar surface area (TPSA) is 111 Å². The summed E-state index contributed by atoms with van der Waals surface area (Å²) in [6.45, 7) is 2.99. The predicted octanol–water partition coefficient (Wildman–Crippen LogP) is 2.23. The van der Waals surface area contributed by atoms with E-state index in [2.05, 4.69) is 35.2 Å². The number of ether oxygens (including phenoxy) is 1. The molecule has 3 heterocycles. The number of hydrogen-bond acceptors (Lipinski definition) is 9. The molecule has 30 heavy (non-hydrogen) atoms. The maximum atomic E-state index is 12.4. The van der Waals surface area contributed by atoms with Gasteiger partial charge in [0.25, 0.3) is 0 Å². The highest BCUT2D eigenvalue weighted by Crippen LogP contribution is 2.41. The van der Waals surface area contributed by atoms with E-state index in [1.807, 2.05) is 30.3 Å². The van der Waals surface area contributed by atoms with Crippen molar-refractivity contribution in [3.8, 4) is 11.5 Å². The summed E-state index contributed by atoms with van der Waals surface area (Å²) in [6, 6.07) is 9.90. The standard InChI is InChI=1S/C19H21N7O3S/c27-15(20-17-22-21-16(29-17)13-4-2-1-3-5-13)12-30-19-24-23-18(26(19)14-6-7-14)25-8-10-28-11-9-25/h1-5,14H,6-12H2,(H,20,22,27). The first kappa shape index (κ1) is 19.1. The van der Waals surface area contributed by atoms with Crippen molar-refractivity contribution in [1.29, 1.82) is 0 Å². The van der Waals surface area contributed by atoms with E-state index in [4.69, 9.17) is 9.15 Å². The molecule has 1 amide bonds. The molecule has 0 atom stereocenters. The van der Waals surface area contributed by atoms with E-state index in [-0.39, 0.29) is 17.7 Å². The molecule has 2 fully saturated rings. The summed E-state index contributed by atoms with van der Waals surface area (Å²) in [7, 11) is 0. The molecule has 156 valence electrons. The number of nitrogens with zero attached hydrogens (tertiary/aromatic N) is 6. The van der Waals surface area contributed by atoms with Crippen LogP contribution in [0, 0.1) is 0 Å². The lowest BCUT2D eigenvalue weighted by Gasteiger charge is -2.27. The highest BCUT2D eigenvalue weighted by atomic mass is 32.2. The molecule has 1 aliphatic heterocycles. The van der Waals surface area contributed by atoms with Gasteiger partial charge in [0.2, 0.25) is 17.7 Å². The van der Waals surface area contributed by atoms with Gasteiger partial charge in [-0.05, 0) is 25.0 Å². The molecule has 11 heteroatoms. The van der Waals surface area contributed by atoms with Crippen LogP contribution in [0.4, 0.5) is 12.0 Å². The first-order chi connectivity index (χ1) is 14.8. The van der Waals surface area contributed by atoms with Crippen molar-refractivity contribution in [1.82, 2.24) is 25.0 Å². The van der Waals surface area contributed by atoms with Gasteiger partial charge in [-0.2, -0.15) is 0 Å². The van der Waals surface area contributed by atoms with E-state index < -0.39 is 0 Å². The molecule has 2 aliphatic rings. The number of hydrogen-bond donors (Lipinski definition) is 1. The van der Waals surface area contributed by atoms with Gasteiger partial charge in [0.15, 0.2) is 5.16 Å². The lowest BCUT2D eigenvalue weighted by Crippen LogP contribution is -2.38. The van der Waals surface area contributed by atoms with Crippen molar-refractivity contribution in [2.24, 2.45) is 0 Å². The van der Waals surface area contributed by atoms with Gasteiger partial charge in [-0.25, -0.2) is 0 Å². The Kier molecular flexibility index (Phi) is 5.37. The van der Waals surface area contributed by atoms with Crippen molar-refractivity contribution in [3.05, 3.63) is 30.3 Å². The van der Waals surface area contributed by atoms with Gasteiger partial charge < -0.3 is 14.1 Å². The molecule has 0 spiro atoms. The van der Waals surface area contributed by atoms with Crippen LogP contribution in [0.15, 0.2) is 39.9 Å². The van der Waals surface area contributed by atoms with Gasteiger partial charge in [-0.1, -0.05) is 35.1 Å². The van der Waals surface area contributed by atoms with Gasteiger partial charge in [0.05, 0.1) is 19.0 Å². The molecule has 0 radical (unpaired) electrons. The van der Waals surface area contributed by atoms with Crippen LogP contribution in [0.25, 0.3) is 11.5 Å². The molecule has 1 saturated heterocycles. The summed E-state index contributed by atoms with van der Waals surface area (Å²) in [4.78, 5) is 14.6. The van der Waals surface area contributed by atoms with E-state index in [0.717, 1.165) is 42.6 Å². The number of anilines is 2. The van der Waals surface area contributed by atoms with Crippen LogP contribution in [-0.2, 0) is 9.53 Å². The van der Waals surface area contributed by atoms with E-state index in [1.165, 1.54) is 11.8 Å². The van der Waals surface area contributed by atoms with Crippen molar-refractivity contribution < 1.29 is 13.9 Å². The van der Waals surface area contributed by atoms with E-state index >= 15 is 0 Å². The molecule has 2 aromatic heterocycles. The number of morpholine rings is 1. The normalized spacial score (nSPS) is 16.6. The highest BCUT2D eigenvalue weighted by Gasteiger charge is 2.32. The van der Waals surface area contributed by atoms with Gasteiger partial charge in [-0.3, -0.25) is 14.7 Å². The fourth-order valence-electron chi connectivity index (χ4n) is 3.26. The minimum atomic E-state index is -0.235. The van der Waals surface area contributed by atoms with E-state index in [9.17, 15) is 4.79 Å². The average Bonchev–Trinajstić information content (AvgIpc) is 3.37. The number of thioether (sulfide) groups is 1. The molecule has 5 rings (SSSR count). The largest absolute Gasteiger partial charge is 0.403 e. The third kappa shape index (κ3) is 4.17. The summed E-state index contributed by atoms with van der Waals surface area (Å²) in [6.07, 6.45) is 2.22. The highest BCUT2D eigenvalue weighted by molar-refractivity contribution is 7.99. The van der Waals surface area contributed by atoms with Crippen LogP contribution >= 0.6 is 11.8 Å². The Bertz CT molecular complexity index is 1010. The molecule has 0 bridgehead atoms. The van der Waals surface area contributed by atoms with Crippen LogP contribution in [-0.4, -0.2) is 62.9 Å². The number of amides is 1. The zero-order valence-electron chi connectivity index (χ0n) is 16.2. The molecular weight excluding hydrogens is 406 g/mol. The Labute approximate surface area is 177 Å². The average molecular weight is 427 g/mol. The Morgan fingerprint density at radius 2 is 1.90 bits per heavy atom. The number of rotatable bonds is 7. The molecule has 1 saturated carbocycles. The summed E-state index contributed by atoms with van der Waals surface area (Å²) >= 11 is 1.36. The molecule has 1 aliphatic carbocycles. The Balaban J connectivity index is 1.22. The minimum Gasteiger partial charge on any atom is -0.403 e. The zero-order chi connectivity index (χ0) is 20.3. The van der Waals surface area contributed by atoms with Crippen LogP contribution < -0.4 is 10.2 Å². The fourth-order valence-corrected chi connectivity index (χ4v) is 4.06. The summed E-state index contributed by atoms with van der Waals surface area (Å²) in [5.74, 6) is 1.17. The van der Waals surface area contributed by atoms with Crippen molar-refractivity contribution in [2.75, 3.05) is 42.3 Å². The third-order valence-electron chi connectivity index (χ3n) is 4.88. The predicted molar refractivity (Wildman–Crippen MR) is 110 cm³/mol. The third-order valence-corrected chi connectivity index (χ3v) is 5.82. The van der Waals surface area contributed by atoms with Crippen LogP contribution in [0.5, 0.6) is 0 Å². The van der Waals surface area contributed by atoms with Crippen molar-refractivity contribution in [3.63, 3.8) is 0 Å². The van der Waals surface area contributed by atoms with E-state index in [0.29, 0.717) is 25.1 Å². The second kappa shape index (κ2) is 8.44. The molecule has 3 aromatic rings. The Morgan fingerprint density at radius 3 is 2.67 bits per heavy atom. The second-order valence-corrected chi connectivity index (χ2v) is 8.04. The SMILES string of the molecule is O=C(CSc1nnc(N2CCOCC2)n1C1CC1)Nc1nnc(-c2ccccc2)o1. The van der Waals surface area contributed by atoms with Crippen molar-refractivity contribution in [2.45, 2.75) is 24.0 Å². The van der Waals surface area contributed by atoms with Gasteiger partial charge >= 0.3 is 6.01 Å². The number of benzene rings is 1. The Hall–Kier alpha value is -2.92. The monoisotopic (exact) mass is 427 g/mol. The number of carbonyl (C=O) groups is 1. The molecule has 10 nitrogen and oxygen atoms in total. The van der Waals surface area contributed by atoms with E-state index in [1.54, 1.807) is 0 Å². The smallest absolute Gasteiger partial charge is 0.322 e. The van der Waals surface area contributed by atoms with Gasteiger partial charge in [-0.15, -0.1) is 15.3 Å². The summed E-state index contributed by atoms with van der Waals surface area (Å²) in [5.41, 5.74) is 0.799. The quantitative estimate of drug-likeness (QED) is 0.567. The summed E-state index contributed by atoms with van der Waals surface area (Å²) < 4.78 is 13.1. The first-order valence-corrected chi connectivity index (χ1v) is 10.9. The Morgan fingerprint density at radius 1 is 1.10 bits per heavy atom. The second-order valence-electron chi connectivity index (χ2n) is 7.10. The van der Waals surface area contributed by atoms with Crippen LogP contribution in [0.3, 0.4) is 0 Å². The first-order valence-electron chi connectivity index (χ1n) is 9.87. The minimum absolute atomic E-state index is 0.0807. The number of carbonyl (C=O) groups excluding carboxylic acids is 1. The van der Waals surface area contributed by atoms with Crippen LogP contribution in [0.2, 0.25) is 0 Å². The van der Waals surface area contributed by atoms with Gasteiger partial charge in [0.1, 0.15) is 0 Å². The van der Waals surface area contributed by atoms with Crippen molar-refractivity contribution >= 4 is 29.6 Å². The fraction of sp³-hybridized carbons (Fsp3) is 0.421. The zero-order valence-corrected chi connectivity index (χ0v) is 17.0. The molecular formula is C19H21N7O3S. The lowest BCUT2D eigenvalue weighted by molar-refractivity contribution is -0.113.